The lowest BCUT2D eigenvalue weighted by atomic mass is 10.0. The lowest BCUT2D eigenvalue weighted by Gasteiger charge is -2.15. The molecule has 0 saturated heterocycles. The third-order valence-corrected chi connectivity index (χ3v) is 3.60. The van der Waals surface area contributed by atoms with E-state index in [1.54, 1.807) is 24.6 Å². The van der Waals surface area contributed by atoms with Crippen LogP contribution in [0.5, 0.6) is 0 Å². The fourth-order valence-electron chi connectivity index (χ4n) is 2.43. The number of nitrogens with two attached hydrogens (primary N) is 1. The maximum Gasteiger partial charge on any atom is 0.246 e. The van der Waals surface area contributed by atoms with Crippen LogP contribution < -0.4 is 5.73 Å². The zero-order valence-corrected chi connectivity index (χ0v) is 13.4. The number of oxazole rings is 1. The lowest BCUT2D eigenvalue weighted by Crippen LogP contribution is -2.18. The van der Waals surface area contributed by atoms with E-state index in [1.165, 1.54) is 6.26 Å². The fourth-order valence-corrected chi connectivity index (χ4v) is 2.43. The molecule has 0 amide bonds. The Morgan fingerprint density at radius 3 is 2.78 bits per heavy atom. The molecule has 0 aliphatic rings. The van der Waals surface area contributed by atoms with E-state index in [1.807, 2.05) is 6.92 Å². The molecule has 0 aliphatic carbocycles. The minimum atomic E-state index is -0.687. The highest BCUT2D eigenvalue weighted by molar-refractivity contribution is 5.65. The molecule has 122 valence electrons. The van der Waals surface area contributed by atoms with Crippen LogP contribution in [0.15, 0.2) is 16.9 Å². The van der Waals surface area contributed by atoms with Crippen molar-refractivity contribution in [2.45, 2.75) is 45.6 Å². The van der Waals surface area contributed by atoms with Gasteiger partial charge in [-0.3, -0.25) is 0 Å². The summed E-state index contributed by atoms with van der Waals surface area (Å²) in [6, 6.07) is 0. The number of hydrogen-bond acceptors (Lipinski definition) is 7. The Labute approximate surface area is 133 Å². The summed E-state index contributed by atoms with van der Waals surface area (Å²) in [5.41, 5.74) is 7.15. The van der Waals surface area contributed by atoms with Gasteiger partial charge in [0.05, 0.1) is 17.5 Å². The van der Waals surface area contributed by atoms with E-state index in [0.29, 0.717) is 35.9 Å². The zero-order chi connectivity index (χ0) is 16.6. The Hall–Kier alpha value is -2.48. The van der Waals surface area contributed by atoms with Gasteiger partial charge in [0.1, 0.15) is 12.0 Å². The number of aromatic nitrogens is 5. The molecule has 0 bridgehead atoms. The Morgan fingerprint density at radius 2 is 2.13 bits per heavy atom. The van der Waals surface area contributed by atoms with Gasteiger partial charge in [-0.05, 0) is 33.6 Å². The molecule has 3 aromatic rings. The minimum Gasteiger partial charge on any atom is -0.443 e. The number of aliphatic hydroxyl groups is 1. The Morgan fingerprint density at radius 1 is 1.35 bits per heavy atom. The van der Waals surface area contributed by atoms with Gasteiger partial charge in [-0.1, -0.05) is 0 Å². The van der Waals surface area contributed by atoms with E-state index in [0.717, 1.165) is 12.1 Å². The minimum absolute atomic E-state index is 0.282. The summed E-state index contributed by atoms with van der Waals surface area (Å²) in [6.07, 6.45) is 5.18. The molecule has 0 spiro atoms. The van der Waals surface area contributed by atoms with Crippen molar-refractivity contribution in [1.29, 1.82) is 0 Å². The van der Waals surface area contributed by atoms with Crippen molar-refractivity contribution < 1.29 is 9.52 Å². The SMILES string of the molecule is Cc1c(-c2ncco2)nc(N)c2nc(CCCC(C)(C)O)nn12. The molecule has 0 aliphatic heterocycles. The highest BCUT2D eigenvalue weighted by Gasteiger charge is 2.18. The van der Waals surface area contributed by atoms with Crippen molar-refractivity contribution in [2.24, 2.45) is 0 Å². The molecule has 0 saturated carbocycles. The average Bonchev–Trinajstić information content (AvgIpc) is 3.10. The Kier molecular flexibility index (Phi) is 3.77. The van der Waals surface area contributed by atoms with Gasteiger partial charge >= 0.3 is 0 Å². The van der Waals surface area contributed by atoms with Crippen LogP contribution in [0.1, 0.15) is 38.2 Å². The molecule has 0 unspecified atom stereocenters. The fraction of sp³-hybridized carbons (Fsp3) is 0.467. The second kappa shape index (κ2) is 5.62. The number of fused-ring (bicyclic) bond motifs is 1. The molecule has 8 nitrogen and oxygen atoms in total. The summed E-state index contributed by atoms with van der Waals surface area (Å²) in [7, 11) is 0. The predicted octanol–water partition coefficient (Wildman–Crippen LogP) is 1.76. The van der Waals surface area contributed by atoms with Crippen molar-refractivity contribution in [2.75, 3.05) is 5.73 Å². The van der Waals surface area contributed by atoms with Crippen LogP contribution in [0.3, 0.4) is 0 Å². The topological polar surface area (TPSA) is 115 Å². The Bertz CT molecular complexity index is 817. The molecule has 0 aromatic carbocycles. The first-order valence-electron chi connectivity index (χ1n) is 7.49. The van der Waals surface area contributed by atoms with Crippen molar-refractivity contribution in [3.05, 3.63) is 24.0 Å². The largest absolute Gasteiger partial charge is 0.443 e. The summed E-state index contributed by atoms with van der Waals surface area (Å²) in [5, 5.41) is 14.3. The van der Waals surface area contributed by atoms with Gasteiger partial charge in [-0.15, -0.1) is 0 Å². The van der Waals surface area contributed by atoms with Crippen LogP contribution in [0, 0.1) is 6.92 Å². The molecule has 3 rings (SSSR count). The zero-order valence-electron chi connectivity index (χ0n) is 13.4. The highest BCUT2D eigenvalue weighted by atomic mass is 16.3. The summed E-state index contributed by atoms with van der Waals surface area (Å²) in [5.74, 6) is 1.36. The van der Waals surface area contributed by atoms with Crippen LogP contribution in [-0.2, 0) is 6.42 Å². The second-order valence-corrected chi connectivity index (χ2v) is 6.20. The van der Waals surface area contributed by atoms with Gasteiger partial charge in [0.25, 0.3) is 0 Å². The number of nitrogens with zero attached hydrogens (tertiary/aromatic N) is 5. The molecule has 0 atom stereocenters. The van der Waals surface area contributed by atoms with Crippen molar-refractivity contribution >= 4 is 11.5 Å². The molecule has 0 fully saturated rings. The maximum atomic E-state index is 9.77. The summed E-state index contributed by atoms with van der Waals surface area (Å²) in [6.45, 7) is 5.45. The van der Waals surface area contributed by atoms with E-state index in [2.05, 4.69) is 20.1 Å². The van der Waals surface area contributed by atoms with Gasteiger partial charge in [0.2, 0.25) is 5.89 Å². The van der Waals surface area contributed by atoms with E-state index >= 15 is 0 Å². The van der Waals surface area contributed by atoms with Crippen molar-refractivity contribution in [3.8, 4) is 11.6 Å². The van der Waals surface area contributed by atoms with Gasteiger partial charge in [-0.25, -0.2) is 19.5 Å². The van der Waals surface area contributed by atoms with Gasteiger partial charge < -0.3 is 15.3 Å². The highest BCUT2D eigenvalue weighted by Crippen LogP contribution is 2.23. The number of nitrogen functional groups attached to an aromatic ring is 1. The first kappa shape index (κ1) is 15.4. The summed E-state index contributed by atoms with van der Waals surface area (Å²) < 4.78 is 6.96. The second-order valence-electron chi connectivity index (χ2n) is 6.20. The number of rotatable bonds is 5. The summed E-state index contributed by atoms with van der Waals surface area (Å²) >= 11 is 0. The van der Waals surface area contributed by atoms with Gasteiger partial charge in [0.15, 0.2) is 17.3 Å². The standard InChI is InChI=1S/C15H20N6O2/c1-9-11(14-17-7-8-23-14)19-12(16)13-18-10(20-21(9)13)5-4-6-15(2,3)22/h7-8,22H,4-6H2,1-3H3,(H2,16,19). The molecular formula is C15H20N6O2. The summed E-state index contributed by atoms with van der Waals surface area (Å²) in [4.78, 5) is 12.9. The Balaban J connectivity index is 1.93. The molecule has 3 heterocycles. The first-order valence-corrected chi connectivity index (χ1v) is 7.49. The normalized spacial score (nSPS) is 12.2. The molecule has 0 radical (unpaired) electrons. The third-order valence-electron chi connectivity index (χ3n) is 3.60. The number of anilines is 1. The molecule has 3 aromatic heterocycles. The monoisotopic (exact) mass is 316 g/mol. The van der Waals surface area contributed by atoms with E-state index < -0.39 is 5.60 Å². The molecule has 8 heteroatoms. The van der Waals surface area contributed by atoms with Crippen LogP contribution in [0.4, 0.5) is 5.82 Å². The lowest BCUT2D eigenvalue weighted by molar-refractivity contribution is 0.0688. The van der Waals surface area contributed by atoms with Gasteiger partial charge in [-0.2, -0.15) is 5.10 Å². The number of aryl methyl sites for hydroxylation is 2. The maximum absolute atomic E-state index is 9.77. The van der Waals surface area contributed by atoms with Crippen molar-refractivity contribution in [3.63, 3.8) is 0 Å². The smallest absolute Gasteiger partial charge is 0.246 e. The van der Waals surface area contributed by atoms with Crippen molar-refractivity contribution in [1.82, 2.24) is 24.6 Å². The quantitative estimate of drug-likeness (QED) is 0.736. The van der Waals surface area contributed by atoms with E-state index in [4.69, 9.17) is 10.2 Å². The molecular weight excluding hydrogens is 296 g/mol. The average molecular weight is 316 g/mol. The predicted molar refractivity (Wildman–Crippen MR) is 84.7 cm³/mol. The molecule has 23 heavy (non-hydrogen) atoms. The first-order chi connectivity index (χ1) is 10.8. The van der Waals surface area contributed by atoms with E-state index in [-0.39, 0.29) is 5.82 Å². The van der Waals surface area contributed by atoms with Crippen LogP contribution in [-0.4, -0.2) is 35.3 Å². The third kappa shape index (κ3) is 3.16. The van der Waals surface area contributed by atoms with E-state index in [9.17, 15) is 5.11 Å². The number of hydrogen-bond donors (Lipinski definition) is 2. The van der Waals surface area contributed by atoms with Crippen LogP contribution >= 0.6 is 0 Å². The van der Waals surface area contributed by atoms with Crippen LogP contribution in [0.2, 0.25) is 0 Å². The van der Waals surface area contributed by atoms with Gasteiger partial charge in [0, 0.05) is 6.42 Å². The molecule has 3 N–H and O–H groups in total. The van der Waals surface area contributed by atoms with Crippen LogP contribution in [0.25, 0.3) is 17.2 Å².